The number of carboxylic acids is 1. The standard InChI is InChI=1S/C25H21NO5S/c27-25(28)17-24(20-9-6-12-22(15-20)31-21-10-2-1-3-11-21)26-32(29,30)23-14-13-18-7-4-5-8-19(18)16-23/h1-16,24,26H,17H2,(H,27,28). The van der Waals surface area contributed by atoms with Crippen molar-refractivity contribution in [2.45, 2.75) is 17.4 Å². The molecule has 1 atom stereocenters. The van der Waals surface area contributed by atoms with E-state index in [0.29, 0.717) is 17.1 Å². The quantitative estimate of drug-likeness (QED) is 0.391. The van der Waals surface area contributed by atoms with Crippen LogP contribution < -0.4 is 9.46 Å². The molecule has 0 bridgehead atoms. The Labute approximate surface area is 186 Å². The van der Waals surface area contributed by atoms with Gasteiger partial charge in [0.25, 0.3) is 0 Å². The summed E-state index contributed by atoms with van der Waals surface area (Å²) >= 11 is 0. The Morgan fingerprint density at radius 2 is 1.50 bits per heavy atom. The van der Waals surface area contributed by atoms with E-state index in [-0.39, 0.29) is 4.90 Å². The molecule has 32 heavy (non-hydrogen) atoms. The van der Waals surface area contributed by atoms with Gasteiger partial charge in [-0.15, -0.1) is 0 Å². The van der Waals surface area contributed by atoms with Crippen LogP contribution in [0.2, 0.25) is 0 Å². The van der Waals surface area contributed by atoms with Crippen LogP contribution in [0.4, 0.5) is 0 Å². The lowest BCUT2D eigenvalue weighted by Crippen LogP contribution is -2.30. The van der Waals surface area contributed by atoms with Crippen molar-refractivity contribution < 1.29 is 23.1 Å². The number of hydrogen-bond acceptors (Lipinski definition) is 4. The Kier molecular flexibility index (Phi) is 6.20. The molecule has 4 rings (SSSR count). The van der Waals surface area contributed by atoms with Gasteiger partial charge < -0.3 is 9.84 Å². The number of rotatable bonds is 8. The fraction of sp³-hybridized carbons (Fsp3) is 0.0800. The van der Waals surface area contributed by atoms with Gasteiger partial charge in [-0.3, -0.25) is 4.79 Å². The average Bonchev–Trinajstić information content (AvgIpc) is 2.79. The highest BCUT2D eigenvalue weighted by Gasteiger charge is 2.24. The number of carbonyl (C=O) groups is 1. The Balaban J connectivity index is 1.63. The summed E-state index contributed by atoms with van der Waals surface area (Å²) in [6.45, 7) is 0. The molecule has 1 unspecified atom stereocenters. The van der Waals surface area contributed by atoms with Crippen LogP contribution in [0, 0.1) is 0 Å². The summed E-state index contributed by atoms with van der Waals surface area (Å²) < 4.78 is 34.5. The van der Waals surface area contributed by atoms with Crippen LogP contribution in [0.3, 0.4) is 0 Å². The van der Waals surface area contributed by atoms with Gasteiger partial charge in [0.1, 0.15) is 11.5 Å². The second-order valence-corrected chi connectivity index (χ2v) is 8.98. The van der Waals surface area contributed by atoms with Crippen LogP contribution in [0.5, 0.6) is 11.5 Å². The highest BCUT2D eigenvalue weighted by Crippen LogP contribution is 2.28. The van der Waals surface area contributed by atoms with Gasteiger partial charge in [0.15, 0.2) is 0 Å². The number of fused-ring (bicyclic) bond motifs is 1. The molecule has 2 N–H and O–H groups in total. The molecular formula is C25H21NO5S. The first-order chi connectivity index (χ1) is 15.4. The molecule has 0 heterocycles. The molecule has 0 aromatic heterocycles. The van der Waals surface area contributed by atoms with Gasteiger partial charge in [0.2, 0.25) is 10.0 Å². The average molecular weight is 448 g/mol. The number of benzene rings is 4. The zero-order valence-corrected chi connectivity index (χ0v) is 17.8. The summed E-state index contributed by atoms with van der Waals surface area (Å²) in [6, 6.07) is 27.2. The van der Waals surface area contributed by atoms with Crippen molar-refractivity contribution in [3.05, 3.63) is 103 Å². The third-order valence-electron chi connectivity index (χ3n) is 4.95. The second kappa shape index (κ2) is 9.21. The van der Waals surface area contributed by atoms with E-state index in [4.69, 9.17) is 4.74 Å². The first-order valence-electron chi connectivity index (χ1n) is 9.96. The Morgan fingerprint density at radius 3 is 2.25 bits per heavy atom. The number of hydrogen-bond donors (Lipinski definition) is 2. The molecule has 4 aromatic carbocycles. The van der Waals surface area contributed by atoms with Gasteiger partial charge in [-0.1, -0.05) is 60.7 Å². The molecule has 0 saturated carbocycles. The number of carboxylic acid groups (broad SMARTS) is 1. The highest BCUT2D eigenvalue weighted by atomic mass is 32.2. The summed E-state index contributed by atoms with van der Waals surface area (Å²) in [5, 5.41) is 11.1. The molecule has 0 saturated heterocycles. The van der Waals surface area contributed by atoms with Crippen LogP contribution in [0.25, 0.3) is 10.8 Å². The van der Waals surface area contributed by atoms with Crippen molar-refractivity contribution in [3.63, 3.8) is 0 Å². The smallest absolute Gasteiger partial charge is 0.305 e. The number of aliphatic carboxylic acids is 1. The van der Waals surface area contributed by atoms with E-state index in [1.807, 2.05) is 42.5 Å². The minimum atomic E-state index is -3.97. The molecular weight excluding hydrogens is 426 g/mol. The molecule has 0 aliphatic carbocycles. The normalized spacial score (nSPS) is 12.4. The Morgan fingerprint density at radius 1 is 0.812 bits per heavy atom. The Hall–Kier alpha value is -3.68. The fourth-order valence-corrected chi connectivity index (χ4v) is 4.67. The molecule has 6 nitrogen and oxygen atoms in total. The maximum Gasteiger partial charge on any atom is 0.305 e. The highest BCUT2D eigenvalue weighted by molar-refractivity contribution is 7.89. The van der Waals surface area contributed by atoms with Crippen molar-refractivity contribution in [1.82, 2.24) is 4.72 Å². The summed E-state index contributed by atoms with van der Waals surface area (Å²) in [6.07, 6.45) is -0.415. The molecule has 4 aromatic rings. The topological polar surface area (TPSA) is 92.7 Å². The molecule has 0 spiro atoms. The lowest BCUT2D eigenvalue weighted by molar-refractivity contribution is -0.137. The van der Waals surface area contributed by atoms with Gasteiger partial charge >= 0.3 is 5.97 Å². The molecule has 0 fully saturated rings. The number of nitrogens with one attached hydrogen (secondary N) is 1. The minimum Gasteiger partial charge on any atom is -0.481 e. The lowest BCUT2D eigenvalue weighted by Gasteiger charge is -2.19. The summed E-state index contributed by atoms with van der Waals surface area (Å²) in [7, 11) is -3.97. The van der Waals surface area contributed by atoms with Gasteiger partial charge in [-0.2, -0.15) is 0 Å². The lowest BCUT2D eigenvalue weighted by atomic mass is 10.0. The van der Waals surface area contributed by atoms with Crippen LogP contribution in [0.1, 0.15) is 18.0 Å². The molecule has 7 heteroatoms. The minimum absolute atomic E-state index is 0.0725. The summed E-state index contributed by atoms with van der Waals surface area (Å²) in [5.41, 5.74) is 0.491. The molecule has 0 aliphatic heterocycles. The second-order valence-electron chi connectivity index (χ2n) is 7.27. The molecule has 162 valence electrons. The van der Waals surface area contributed by atoms with Crippen LogP contribution in [-0.4, -0.2) is 19.5 Å². The molecule has 0 aliphatic rings. The van der Waals surface area contributed by atoms with Crippen molar-refractivity contribution in [2.75, 3.05) is 0 Å². The van der Waals surface area contributed by atoms with Crippen molar-refractivity contribution in [1.29, 1.82) is 0 Å². The third kappa shape index (κ3) is 5.14. The van der Waals surface area contributed by atoms with Crippen LogP contribution in [-0.2, 0) is 14.8 Å². The maximum atomic E-state index is 13.1. The monoisotopic (exact) mass is 447 g/mol. The van der Waals surface area contributed by atoms with Crippen LogP contribution >= 0.6 is 0 Å². The van der Waals surface area contributed by atoms with Crippen molar-refractivity contribution in [2.24, 2.45) is 0 Å². The number of sulfonamides is 1. The maximum absolute atomic E-state index is 13.1. The van der Waals surface area contributed by atoms with E-state index < -0.39 is 28.5 Å². The van der Waals surface area contributed by atoms with Crippen LogP contribution in [0.15, 0.2) is 102 Å². The zero-order chi connectivity index (χ0) is 22.6. The predicted octanol–water partition coefficient (Wildman–Crippen LogP) is 5.13. The van der Waals surface area contributed by atoms with E-state index in [1.54, 1.807) is 48.5 Å². The van der Waals surface area contributed by atoms with E-state index in [1.165, 1.54) is 6.07 Å². The fourth-order valence-electron chi connectivity index (χ4n) is 3.41. The van der Waals surface area contributed by atoms with E-state index in [2.05, 4.69) is 4.72 Å². The largest absolute Gasteiger partial charge is 0.481 e. The number of para-hydroxylation sites is 1. The molecule has 0 amide bonds. The van der Waals surface area contributed by atoms with Gasteiger partial charge in [0.05, 0.1) is 17.4 Å². The summed E-state index contributed by atoms with van der Waals surface area (Å²) in [5.74, 6) is -0.0178. The molecule has 0 radical (unpaired) electrons. The van der Waals surface area contributed by atoms with Gasteiger partial charge in [-0.05, 0) is 52.7 Å². The predicted molar refractivity (Wildman–Crippen MR) is 122 cm³/mol. The van der Waals surface area contributed by atoms with E-state index in [0.717, 1.165) is 10.8 Å². The first-order valence-corrected chi connectivity index (χ1v) is 11.4. The van der Waals surface area contributed by atoms with E-state index >= 15 is 0 Å². The third-order valence-corrected chi connectivity index (χ3v) is 6.42. The van der Waals surface area contributed by atoms with Crippen molar-refractivity contribution in [3.8, 4) is 11.5 Å². The van der Waals surface area contributed by atoms with Gasteiger partial charge in [-0.25, -0.2) is 13.1 Å². The Bertz CT molecular complexity index is 1350. The van der Waals surface area contributed by atoms with Gasteiger partial charge in [0, 0.05) is 0 Å². The SMILES string of the molecule is O=C(O)CC(NS(=O)(=O)c1ccc2ccccc2c1)c1cccc(Oc2ccccc2)c1. The van der Waals surface area contributed by atoms with Crippen molar-refractivity contribution >= 4 is 26.8 Å². The zero-order valence-electron chi connectivity index (χ0n) is 17.0. The summed E-state index contributed by atoms with van der Waals surface area (Å²) in [4.78, 5) is 11.6. The number of ether oxygens (including phenoxy) is 1. The first kappa shape index (κ1) is 21.5. The van der Waals surface area contributed by atoms with E-state index in [9.17, 15) is 18.3 Å².